The zero-order valence-corrected chi connectivity index (χ0v) is 9.98. The first kappa shape index (κ1) is 9.69. The van der Waals surface area contributed by atoms with Crippen LogP contribution in [0.5, 0.6) is 0 Å². The molecule has 0 spiro atoms. The Labute approximate surface area is 91.9 Å². The van der Waals surface area contributed by atoms with Crippen LogP contribution in [-0.4, -0.2) is 22.8 Å². The van der Waals surface area contributed by atoms with Crippen molar-refractivity contribution in [3.63, 3.8) is 0 Å². The molecule has 1 nitrogen and oxygen atoms in total. The quantitative estimate of drug-likeness (QED) is 0.735. The maximum absolute atomic E-state index is 3.51. The predicted octanol–water partition coefficient (Wildman–Crippen LogP) is 3.11. The molecule has 1 aliphatic carbocycles. The molecular formula is C10H14BrNS. The van der Waals surface area contributed by atoms with E-state index in [-0.39, 0.29) is 0 Å². The first-order chi connectivity index (χ1) is 6.40. The van der Waals surface area contributed by atoms with Crippen LogP contribution < -0.4 is 0 Å². The lowest BCUT2D eigenvalue weighted by Gasteiger charge is -2.19. The average Bonchev–Trinajstić information content (AvgIpc) is 2.85. The van der Waals surface area contributed by atoms with Crippen LogP contribution in [0.15, 0.2) is 16.8 Å². The highest BCUT2D eigenvalue weighted by atomic mass is 79.9. The Morgan fingerprint density at radius 3 is 2.92 bits per heavy atom. The standard InChI is InChI=1S/C10H14BrNS/c11-4-5-12(10-1-2-10)7-9-3-6-13-8-9/h3,6,8,10H,1-2,4-5,7H2. The summed E-state index contributed by atoms with van der Waals surface area (Å²) in [5, 5.41) is 5.51. The summed E-state index contributed by atoms with van der Waals surface area (Å²) in [5.74, 6) is 0. The van der Waals surface area contributed by atoms with Crippen molar-refractivity contribution >= 4 is 27.3 Å². The SMILES string of the molecule is BrCCN(Cc1ccsc1)C1CC1. The van der Waals surface area contributed by atoms with Crippen LogP contribution in [0.1, 0.15) is 18.4 Å². The molecular weight excluding hydrogens is 246 g/mol. The maximum atomic E-state index is 3.51. The van der Waals surface area contributed by atoms with E-state index in [0.717, 1.165) is 17.9 Å². The first-order valence-corrected chi connectivity index (χ1v) is 6.77. The Morgan fingerprint density at radius 2 is 2.38 bits per heavy atom. The number of hydrogen-bond acceptors (Lipinski definition) is 2. The Balaban J connectivity index is 1.89. The molecule has 1 saturated carbocycles. The number of halogens is 1. The van der Waals surface area contributed by atoms with E-state index in [0.29, 0.717) is 0 Å². The summed E-state index contributed by atoms with van der Waals surface area (Å²) in [7, 11) is 0. The fourth-order valence-corrected chi connectivity index (χ4v) is 2.67. The largest absolute Gasteiger partial charge is 0.295 e. The Hall–Kier alpha value is 0.140. The van der Waals surface area contributed by atoms with Crippen molar-refractivity contribution in [1.82, 2.24) is 4.90 Å². The van der Waals surface area contributed by atoms with E-state index in [4.69, 9.17) is 0 Å². The van der Waals surface area contributed by atoms with Crippen molar-refractivity contribution in [2.45, 2.75) is 25.4 Å². The summed E-state index contributed by atoms with van der Waals surface area (Å²) in [6.07, 6.45) is 2.80. The summed E-state index contributed by atoms with van der Waals surface area (Å²) in [6, 6.07) is 3.10. The maximum Gasteiger partial charge on any atom is 0.0245 e. The van der Waals surface area contributed by atoms with Crippen molar-refractivity contribution in [2.75, 3.05) is 11.9 Å². The molecule has 0 bridgehead atoms. The van der Waals surface area contributed by atoms with E-state index in [2.05, 4.69) is 37.7 Å². The molecule has 0 amide bonds. The molecule has 13 heavy (non-hydrogen) atoms. The first-order valence-electron chi connectivity index (χ1n) is 4.71. The normalized spacial score (nSPS) is 16.8. The second-order valence-electron chi connectivity index (χ2n) is 3.52. The molecule has 1 aromatic rings. The highest BCUT2D eigenvalue weighted by Gasteiger charge is 2.28. The molecule has 1 aliphatic rings. The number of alkyl halides is 1. The van der Waals surface area contributed by atoms with Crippen molar-refractivity contribution in [3.8, 4) is 0 Å². The topological polar surface area (TPSA) is 3.24 Å². The van der Waals surface area contributed by atoms with Gasteiger partial charge in [-0.05, 0) is 35.2 Å². The van der Waals surface area contributed by atoms with Gasteiger partial charge >= 0.3 is 0 Å². The van der Waals surface area contributed by atoms with Gasteiger partial charge in [0.2, 0.25) is 0 Å². The lowest BCUT2D eigenvalue weighted by Crippen LogP contribution is -2.27. The van der Waals surface area contributed by atoms with Gasteiger partial charge in [-0.1, -0.05) is 15.9 Å². The Morgan fingerprint density at radius 1 is 1.54 bits per heavy atom. The zero-order chi connectivity index (χ0) is 9.10. The highest BCUT2D eigenvalue weighted by molar-refractivity contribution is 9.09. The monoisotopic (exact) mass is 259 g/mol. The van der Waals surface area contributed by atoms with Crippen LogP contribution in [-0.2, 0) is 6.54 Å². The Bertz CT molecular complexity index is 243. The van der Waals surface area contributed by atoms with Crippen molar-refractivity contribution in [2.24, 2.45) is 0 Å². The van der Waals surface area contributed by atoms with Crippen LogP contribution >= 0.6 is 27.3 Å². The molecule has 0 aromatic carbocycles. The van der Waals surface area contributed by atoms with Gasteiger partial charge in [0.25, 0.3) is 0 Å². The second kappa shape index (κ2) is 4.58. The molecule has 0 radical (unpaired) electrons. The molecule has 1 fully saturated rings. The van der Waals surface area contributed by atoms with Crippen LogP contribution in [0.3, 0.4) is 0 Å². The third-order valence-corrected chi connectivity index (χ3v) is 3.49. The fourth-order valence-electron chi connectivity index (χ4n) is 1.56. The van der Waals surface area contributed by atoms with Gasteiger partial charge < -0.3 is 0 Å². The zero-order valence-electron chi connectivity index (χ0n) is 7.58. The average molecular weight is 260 g/mol. The molecule has 0 saturated heterocycles. The number of rotatable bonds is 5. The van der Waals surface area contributed by atoms with Gasteiger partial charge in [0.15, 0.2) is 0 Å². The molecule has 0 aliphatic heterocycles. The van der Waals surface area contributed by atoms with Gasteiger partial charge in [0.05, 0.1) is 0 Å². The van der Waals surface area contributed by atoms with Crippen LogP contribution in [0.25, 0.3) is 0 Å². The highest BCUT2D eigenvalue weighted by Crippen LogP contribution is 2.28. The molecule has 72 valence electrons. The lowest BCUT2D eigenvalue weighted by molar-refractivity contribution is 0.273. The van der Waals surface area contributed by atoms with Crippen molar-refractivity contribution < 1.29 is 0 Å². The summed E-state index contributed by atoms with van der Waals surface area (Å²) >= 11 is 5.30. The Kier molecular flexibility index (Phi) is 3.41. The second-order valence-corrected chi connectivity index (χ2v) is 5.10. The van der Waals surface area contributed by atoms with E-state index in [9.17, 15) is 0 Å². The van der Waals surface area contributed by atoms with Gasteiger partial charge in [-0.3, -0.25) is 4.90 Å². The smallest absolute Gasteiger partial charge is 0.0245 e. The fraction of sp³-hybridized carbons (Fsp3) is 0.600. The van der Waals surface area contributed by atoms with Gasteiger partial charge in [0.1, 0.15) is 0 Å². The number of hydrogen-bond donors (Lipinski definition) is 0. The van der Waals surface area contributed by atoms with Crippen LogP contribution in [0.4, 0.5) is 0 Å². The molecule has 0 N–H and O–H groups in total. The molecule has 2 rings (SSSR count). The number of thiophene rings is 1. The van der Waals surface area contributed by atoms with Gasteiger partial charge in [0, 0.05) is 24.5 Å². The van der Waals surface area contributed by atoms with E-state index in [1.807, 2.05) is 0 Å². The van der Waals surface area contributed by atoms with E-state index in [1.165, 1.54) is 24.9 Å². The summed E-state index contributed by atoms with van der Waals surface area (Å²) in [5.41, 5.74) is 1.47. The van der Waals surface area contributed by atoms with E-state index >= 15 is 0 Å². The molecule has 1 heterocycles. The minimum Gasteiger partial charge on any atom is -0.295 e. The summed E-state index contributed by atoms with van der Waals surface area (Å²) < 4.78 is 0. The third-order valence-electron chi connectivity index (χ3n) is 2.40. The van der Waals surface area contributed by atoms with Gasteiger partial charge in [-0.25, -0.2) is 0 Å². The predicted molar refractivity (Wildman–Crippen MR) is 61.5 cm³/mol. The van der Waals surface area contributed by atoms with Crippen LogP contribution in [0.2, 0.25) is 0 Å². The minimum atomic E-state index is 0.873. The van der Waals surface area contributed by atoms with Crippen molar-refractivity contribution in [3.05, 3.63) is 22.4 Å². The lowest BCUT2D eigenvalue weighted by atomic mass is 10.3. The van der Waals surface area contributed by atoms with E-state index < -0.39 is 0 Å². The molecule has 0 unspecified atom stereocenters. The van der Waals surface area contributed by atoms with Crippen molar-refractivity contribution in [1.29, 1.82) is 0 Å². The van der Waals surface area contributed by atoms with E-state index in [1.54, 1.807) is 11.3 Å². The number of nitrogens with zero attached hydrogens (tertiary/aromatic N) is 1. The van der Waals surface area contributed by atoms with Gasteiger partial charge in [-0.15, -0.1) is 0 Å². The third kappa shape index (κ3) is 2.79. The molecule has 3 heteroatoms. The summed E-state index contributed by atoms with van der Waals surface area (Å²) in [4.78, 5) is 2.58. The van der Waals surface area contributed by atoms with Gasteiger partial charge in [-0.2, -0.15) is 11.3 Å². The van der Waals surface area contributed by atoms with Crippen LogP contribution in [0, 0.1) is 0 Å². The molecule has 0 atom stereocenters. The minimum absolute atomic E-state index is 0.873. The summed E-state index contributed by atoms with van der Waals surface area (Å²) in [6.45, 7) is 2.32. The molecule has 1 aromatic heterocycles.